The smallest absolute Gasteiger partial charge is 0.252 e. The highest BCUT2D eigenvalue weighted by Gasteiger charge is 2.13. The normalized spacial score (nSPS) is 12.6. The molecule has 0 unspecified atom stereocenters. The lowest BCUT2D eigenvalue weighted by Gasteiger charge is -2.19. The molecular formula is C21H19ClN2O3. The van der Waals surface area contributed by atoms with E-state index in [4.69, 9.17) is 21.1 Å². The summed E-state index contributed by atoms with van der Waals surface area (Å²) < 4.78 is 13.0. The fraction of sp³-hybridized carbons (Fsp3) is 0.190. The monoisotopic (exact) mass is 382 g/mol. The number of nitrogens with zero attached hydrogens (tertiary/aromatic N) is 1. The van der Waals surface area contributed by atoms with Gasteiger partial charge in [-0.3, -0.25) is 4.79 Å². The Kier molecular flexibility index (Phi) is 5.03. The summed E-state index contributed by atoms with van der Waals surface area (Å²) in [7, 11) is 0. The number of halogens is 1. The van der Waals surface area contributed by atoms with Crippen LogP contribution >= 0.6 is 11.6 Å². The van der Waals surface area contributed by atoms with E-state index >= 15 is 0 Å². The molecule has 0 saturated carbocycles. The molecular weight excluding hydrogens is 364 g/mol. The van der Waals surface area contributed by atoms with Gasteiger partial charge in [0.25, 0.3) is 5.91 Å². The maximum atomic E-state index is 12.6. The molecule has 0 radical (unpaired) electrons. The minimum Gasteiger partial charge on any atom is -0.486 e. The molecule has 1 aliphatic rings. The van der Waals surface area contributed by atoms with Gasteiger partial charge in [0.15, 0.2) is 11.5 Å². The van der Waals surface area contributed by atoms with E-state index < -0.39 is 0 Å². The molecule has 27 heavy (non-hydrogen) atoms. The van der Waals surface area contributed by atoms with Crippen molar-refractivity contribution < 1.29 is 14.3 Å². The molecule has 2 aromatic carbocycles. The summed E-state index contributed by atoms with van der Waals surface area (Å²) in [5, 5.41) is 3.37. The summed E-state index contributed by atoms with van der Waals surface area (Å²) in [4.78, 5) is 12.6. The third-order valence-electron chi connectivity index (χ3n) is 4.40. The highest BCUT2D eigenvalue weighted by Crippen LogP contribution is 2.30. The number of nitrogens with one attached hydrogen (secondary N) is 1. The second kappa shape index (κ2) is 7.76. The summed E-state index contributed by atoms with van der Waals surface area (Å²) in [5.41, 5.74) is 2.43. The van der Waals surface area contributed by atoms with Crippen molar-refractivity contribution in [3.05, 3.63) is 77.1 Å². The average molecular weight is 383 g/mol. The van der Waals surface area contributed by atoms with Gasteiger partial charge in [0.2, 0.25) is 0 Å². The van der Waals surface area contributed by atoms with E-state index in [9.17, 15) is 4.79 Å². The number of hydrogen-bond donors (Lipinski definition) is 1. The highest BCUT2D eigenvalue weighted by molar-refractivity contribution is 6.33. The van der Waals surface area contributed by atoms with Crippen LogP contribution in [0.3, 0.4) is 0 Å². The zero-order valence-electron chi connectivity index (χ0n) is 14.7. The van der Waals surface area contributed by atoms with Crippen LogP contribution in [0.4, 0.5) is 0 Å². The van der Waals surface area contributed by atoms with Crippen LogP contribution in [0.25, 0.3) is 5.69 Å². The third-order valence-corrected chi connectivity index (χ3v) is 4.73. The Morgan fingerprint density at radius 1 is 1.04 bits per heavy atom. The lowest BCUT2D eigenvalue weighted by Crippen LogP contribution is -2.26. The van der Waals surface area contributed by atoms with Crippen molar-refractivity contribution in [3.8, 4) is 17.2 Å². The Morgan fingerprint density at radius 3 is 2.63 bits per heavy atom. The largest absolute Gasteiger partial charge is 0.486 e. The van der Waals surface area contributed by atoms with Crippen LogP contribution in [0.15, 0.2) is 60.9 Å². The topological polar surface area (TPSA) is 52.5 Å². The summed E-state index contributed by atoms with van der Waals surface area (Å²) >= 11 is 6.23. The second-order valence-electron chi connectivity index (χ2n) is 6.24. The molecule has 5 nitrogen and oxygen atoms in total. The first kappa shape index (κ1) is 17.5. The quantitative estimate of drug-likeness (QED) is 0.728. The number of carbonyl (C=O) groups is 1. The zero-order chi connectivity index (χ0) is 18.6. The number of fused-ring (bicyclic) bond motifs is 1. The SMILES string of the molecule is O=C(NCCc1ccc2c(c1)OCCO2)c1cc(-n2cccc2)ccc1Cl. The van der Waals surface area contributed by atoms with Crippen LogP contribution in [0.2, 0.25) is 5.02 Å². The molecule has 1 N–H and O–H groups in total. The van der Waals surface area contributed by atoms with Crippen LogP contribution in [0.5, 0.6) is 11.5 Å². The number of carbonyl (C=O) groups excluding carboxylic acids is 1. The molecule has 1 amide bonds. The van der Waals surface area contributed by atoms with Crippen LogP contribution in [0, 0.1) is 0 Å². The van der Waals surface area contributed by atoms with Crippen molar-refractivity contribution in [2.75, 3.05) is 19.8 Å². The minimum absolute atomic E-state index is 0.188. The third kappa shape index (κ3) is 3.93. The Labute approximate surface area is 162 Å². The van der Waals surface area contributed by atoms with Crippen LogP contribution in [-0.4, -0.2) is 30.2 Å². The summed E-state index contributed by atoms with van der Waals surface area (Å²) in [6.45, 7) is 1.64. The van der Waals surface area contributed by atoms with Crippen LogP contribution in [-0.2, 0) is 6.42 Å². The van der Waals surface area contributed by atoms with Crippen molar-refractivity contribution in [1.82, 2.24) is 9.88 Å². The Hall–Kier alpha value is -2.92. The number of ether oxygens (including phenoxy) is 2. The molecule has 138 valence electrons. The van der Waals surface area contributed by atoms with Crippen molar-refractivity contribution >= 4 is 17.5 Å². The van der Waals surface area contributed by atoms with E-state index in [0.717, 1.165) is 22.7 Å². The Bertz CT molecular complexity index is 954. The standard InChI is InChI=1S/C21H19ClN2O3/c22-18-5-4-16(24-9-1-2-10-24)14-17(18)21(25)23-8-7-15-3-6-19-20(13-15)27-12-11-26-19/h1-6,9-10,13-14H,7-8,11-12H2,(H,23,25). The number of hydrogen-bond acceptors (Lipinski definition) is 3. The van der Waals surface area contributed by atoms with E-state index in [0.29, 0.717) is 36.8 Å². The van der Waals surface area contributed by atoms with Gasteiger partial charge in [-0.2, -0.15) is 0 Å². The summed E-state index contributed by atoms with van der Waals surface area (Å²) in [6.07, 6.45) is 4.54. The predicted molar refractivity (Wildman–Crippen MR) is 104 cm³/mol. The summed E-state index contributed by atoms with van der Waals surface area (Å²) in [5.74, 6) is 1.33. The average Bonchev–Trinajstić information content (AvgIpc) is 3.23. The first-order valence-electron chi connectivity index (χ1n) is 8.80. The fourth-order valence-corrected chi connectivity index (χ4v) is 3.22. The number of amides is 1. The first-order valence-corrected chi connectivity index (χ1v) is 9.18. The maximum absolute atomic E-state index is 12.6. The van der Waals surface area contributed by atoms with Gasteiger partial charge >= 0.3 is 0 Å². The zero-order valence-corrected chi connectivity index (χ0v) is 15.4. The molecule has 6 heteroatoms. The van der Waals surface area contributed by atoms with Gasteiger partial charge in [-0.25, -0.2) is 0 Å². The molecule has 3 aromatic rings. The molecule has 1 aromatic heterocycles. The van der Waals surface area contributed by atoms with Gasteiger partial charge in [0, 0.05) is 24.6 Å². The van der Waals surface area contributed by atoms with E-state index in [1.54, 1.807) is 12.1 Å². The van der Waals surface area contributed by atoms with Gasteiger partial charge in [-0.05, 0) is 54.4 Å². The molecule has 0 saturated heterocycles. The van der Waals surface area contributed by atoms with E-state index in [2.05, 4.69) is 5.32 Å². The molecule has 4 rings (SSSR count). The van der Waals surface area contributed by atoms with E-state index in [-0.39, 0.29) is 5.91 Å². The van der Waals surface area contributed by atoms with Crippen molar-refractivity contribution in [1.29, 1.82) is 0 Å². The lowest BCUT2D eigenvalue weighted by atomic mass is 10.1. The lowest BCUT2D eigenvalue weighted by molar-refractivity contribution is 0.0954. The molecule has 2 heterocycles. The molecule has 0 fully saturated rings. The second-order valence-corrected chi connectivity index (χ2v) is 6.65. The predicted octanol–water partition coefficient (Wildman–Crippen LogP) is 3.87. The molecule has 0 bridgehead atoms. The van der Waals surface area contributed by atoms with E-state index in [1.807, 2.05) is 53.4 Å². The molecule has 1 aliphatic heterocycles. The highest BCUT2D eigenvalue weighted by atomic mass is 35.5. The number of aromatic nitrogens is 1. The molecule has 0 aliphatic carbocycles. The Morgan fingerprint density at radius 2 is 1.81 bits per heavy atom. The molecule has 0 spiro atoms. The van der Waals surface area contributed by atoms with Gasteiger partial charge in [0.1, 0.15) is 13.2 Å². The van der Waals surface area contributed by atoms with Crippen molar-refractivity contribution in [2.45, 2.75) is 6.42 Å². The van der Waals surface area contributed by atoms with Crippen LogP contribution in [0.1, 0.15) is 15.9 Å². The van der Waals surface area contributed by atoms with Gasteiger partial charge in [-0.15, -0.1) is 0 Å². The first-order chi connectivity index (χ1) is 13.2. The number of rotatable bonds is 5. The minimum atomic E-state index is -0.188. The van der Waals surface area contributed by atoms with E-state index in [1.165, 1.54) is 0 Å². The summed E-state index contributed by atoms with van der Waals surface area (Å²) in [6, 6.07) is 15.1. The van der Waals surface area contributed by atoms with Crippen molar-refractivity contribution in [3.63, 3.8) is 0 Å². The van der Waals surface area contributed by atoms with Gasteiger partial charge in [0.05, 0.1) is 10.6 Å². The Balaban J connectivity index is 1.40. The molecule has 0 atom stereocenters. The maximum Gasteiger partial charge on any atom is 0.252 e. The number of benzene rings is 2. The van der Waals surface area contributed by atoms with Crippen LogP contribution < -0.4 is 14.8 Å². The van der Waals surface area contributed by atoms with Gasteiger partial charge in [-0.1, -0.05) is 17.7 Å². The fourth-order valence-electron chi connectivity index (χ4n) is 3.01. The van der Waals surface area contributed by atoms with Gasteiger partial charge < -0.3 is 19.4 Å². The van der Waals surface area contributed by atoms with Crippen molar-refractivity contribution in [2.24, 2.45) is 0 Å².